The highest BCUT2D eigenvalue weighted by molar-refractivity contribution is 7.13. The van der Waals surface area contributed by atoms with Crippen LogP contribution in [0.5, 0.6) is 0 Å². The highest BCUT2D eigenvalue weighted by Crippen LogP contribution is 2.23. The maximum absolute atomic E-state index is 13.1. The number of benzene rings is 1. The lowest BCUT2D eigenvalue weighted by Crippen LogP contribution is -2.46. The third kappa shape index (κ3) is 3.45. The predicted molar refractivity (Wildman–Crippen MR) is 105 cm³/mol. The first kappa shape index (κ1) is 18.4. The Kier molecular flexibility index (Phi) is 4.99. The average molecular weight is 400 g/mol. The molecule has 146 valence electrons. The summed E-state index contributed by atoms with van der Waals surface area (Å²) in [5.41, 5.74) is 1.04. The van der Waals surface area contributed by atoms with Crippen LogP contribution >= 0.6 is 11.3 Å². The summed E-state index contributed by atoms with van der Waals surface area (Å²) in [7, 11) is 0. The number of oxazole rings is 1. The summed E-state index contributed by atoms with van der Waals surface area (Å²) in [5, 5.41) is 5.15. The van der Waals surface area contributed by atoms with Gasteiger partial charge in [-0.15, -0.1) is 11.3 Å². The standard InChI is InChI=1S/C19H20N4O4S/c1-12(23-14-6-2-3-7-15(14)27-19(23)26)17(25)22-9-4-5-13(11-22)16(24)21-18-20-8-10-28-18/h2-3,6-8,10,12-13H,4-5,9,11H2,1H3,(H,20,21,24). The van der Waals surface area contributed by atoms with E-state index < -0.39 is 11.8 Å². The number of likely N-dealkylation sites (tertiary alicyclic amines) is 1. The van der Waals surface area contributed by atoms with Crippen LogP contribution in [-0.4, -0.2) is 39.4 Å². The number of nitrogens with zero attached hydrogens (tertiary/aromatic N) is 3. The Morgan fingerprint density at radius 2 is 2.18 bits per heavy atom. The molecule has 0 aliphatic carbocycles. The van der Waals surface area contributed by atoms with Gasteiger partial charge >= 0.3 is 5.76 Å². The van der Waals surface area contributed by atoms with Crippen LogP contribution in [0.2, 0.25) is 0 Å². The van der Waals surface area contributed by atoms with Gasteiger partial charge in [0.25, 0.3) is 0 Å². The molecule has 28 heavy (non-hydrogen) atoms. The molecule has 2 unspecified atom stereocenters. The fourth-order valence-corrected chi connectivity index (χ4v) is 4.14. The van der Waals surface area contributed by atoms with Crippen molar-refractivity contribution in [1.29, 1.82) is 0 Å². The monoisotopic (exact) mass is 400 g/mol. The second-order valence-electron chi connectivity index (χ2n) is 6.83. The Morgan fingerprint density at radius 3 is 2.96 bits per heavy atom. The summed E-state index contributed by atoms with van der Waals surface area (Å²) in [6.45, 7) is 2.57. The van der Waals surface area contributed by atoms with Gasteiger partial charge in [-0.3, -0.25) is 14.2 Å². The number of nitrogens with one attached hydrogen (secondary N) is 1. The van der Waals surface area contributed by atoms with Gasteiger partial charge in [0, 0.05) is 24.7 Å². The van der Waals surface area contributed by atoms with E-state index in [4.69, 9.17) is 4.42 Å². The van der Waals surface area contributed by atoms with Gasteiger partial charge in [0.2, 0.25) is 11.8 Å². The summed E-state index contributed by atoms with van der Waals surface area (Å²) in [4.78, 5) is 43.6. The van der Waals surface area contributed by atoms with Crippen LogP contribution in [0.4, 0.5) is 5.13 Å². The first-order chi connectivity index (χ1) is 13.5. The van der Waals surface area contributed by atoms with E-state index in [1.807, 2.05) is 0 Å². The van der Waals surface area contributed by atoms with Crippen LogP contribution in [0.1, 0.15) is 25.8 Å². The van der Waals surface area contributed by atoms with E-state index in [0.29, 0.717) is 35.7 Å². The minimum Gasteiger partial charge on any atom is -0.408 e. The SMILES string of the molecule is CC(C(=O)N1CCCC(C(=O)Nc2nccs2)C1)n1c(=O)oc2ccccc21. The molecule has 1 aliphatic heterocycles. The number of carbonyl (C=O) groups excluding carboxylic acids is 2. The van der Waals surface area contributed by atoms with Crippen LogP contribution < -0.4 is 11.1 Å². The highest BCUT2D eigenvalue weighted by Gasteiger charge is 2.32. The smallest absolute Gasteiger partial charge is 0.408 e. The molecule has 1 aliphatic rings. The Morgan fingerprint density at radius 1 is 1.36 bits per heavy atom. The van der Waals surface area contributed by atoms with Crippen LogP contribution in [0, 0.1) is 5.92 Å². The zero-order chi connectivity index (χ0) is 19.7. The Balaban J connectivity index is 1.50. The molecule has 9 heteroatoms. The zero-order valence-corrected chi connectivity index (χ0v) is 16.1. The van der Waals surface area contributed by atoms with Crippen molar-refractivity contribution in [2.75, 3.05) is 18.4 Å². The van der Waals surface area contributed by atoms with E-state index >= 15 is 0 Å². The van der Waals surface area contributed by atoms with Crippen molar-refractivity contribution in [2.45, 2.75) is 25.8 Å². The number of hydrogen-bond donors (Lipinski definition) is 1. The van der Waals surface area contributed by atoms with Gasteiger partial charge in [0.05, 0.1) is 11.4 Å². The quantitative estimate of drug-likeness (QED) is 0.726. The number of carbonyl (C=O) groups is 2. The lowest BCUT2D eigenvalue weighted by atomic mass is 9.96. The minimum atomic E-state index is -0.711. The van der Waals surface area contributed by atoms with E-state index in [9.17, 15) is 14.4 Å². The van der Waals surface area contributed by atoms with Crippen LogP contribution in [0.15, 0.2) is 45.1 Å². The zero-order valence-electron chi connectivity index (χ0n) is 15.3. The lowest BCUT2D eigenvalue weighted by Gasteiger charge is -2.33. The maximum Gasteiger partial charge on any atom is 0.420 e. The molecule has 0 radical (unpaired) electrons. The summed E-state index contributed by atoms with van der Waals surface area (Å²) < 4.78 is 6.61. The third-order valence-corrected chi connectivity index (χ3v) is 5.72. The summed E-state index contributed by atoms with van der Waals surface area (Å²) in [6, 6.07) is 6.31. The van der Waals surface area contributed by atoms with E-state index in [0.717, 1.165) is 6.42 Å². The van der Waals surface area contributed by atoms with Gasteiger partial charge in [-0.05, 0) is 31.9 Å². The van der Waals surface area contributed by atoms with E-state index in [2.05, 4.69) is 10.3 Å². The second kappa shape index (κ2) is 7.59. The highest BCUT2D eigenvalue weighted by atomic mass is 32.1. The van der Waals surface area contributed by atoms with Crippen molar-refractivity contribution in [3.8, 4) is 0 Å². The van der Waals surface area contributed by atoms with Gasteiger partial charge in [-0.2, -0.15) is 0 Å². The molecule has 2 aromatic heterocycles. The second-order valence-corrected chi connectivity index (χ2v) is 7.73. The van der Waals surface area contributed by atoms with Crippen molar-refractivity contribution in [1.82, 2.24) is 14.5 Å². The summed E-state index contributed by atoms with van der Waals surface area (Å²) >= 11 is 1.36. The number of fused-ring (bicyclic) bond motifs is 1. The van der Waals surface area contributed by atoms with Crippen molar-refractivity contribution in [2.24, 2.45) is 5.92 Å². The van der Waals surface area contributed by atoms with E-state index in [1.165, 1.54) is 15.9 Å². The van der Waals surface area contributed by atoms with Gasteiger partial charge in [0.15, 0.2) is 10.7 Å². The molecule has 1 N–H and O–H groups in total. The fraction of sp³-hybridized carbons (Fsp3) is 0.368. The molecule has 0 bridgehead atoms. The number of anilines is 1. The van der Waals surface area contributed by atoms with Gasteiger partial charge in [-0.25, -0.2) is 9.78 Å². The number of aromatic nitrogens is 2. The Bertz CT molecular complexity index is 1060. The van der Waals surface area contributed by atoms with Gasteiger partial charge in [-0.1, -0.05) is 12.1 Å². The molecule has 1 saturated heterocycles. The van der Waals surface area contributed by atoms with Crippen molar-refractivity contribution < 1.29 is 14.0 Å². The molecule has 3 aromatic rings. The Hall–Kier alpha value is -2.94. The van der Waals surface area contributed by atoms with Gasteiger partial charge < -0.3 is 14.6 Å². The lowest BCUT2D eigenvalue weighted by molar-refractivity contribution is -0.137. The molecule has 2 atom stereocenters. The molecule has 0 spiro atoms. The van der Waals surface area contributed by atoms with E-state index in [1.54, 1.807) is 47.7 Å². The molecule has 1 fully saturated rings. The third-order valence-electron chi connectivity index (χ3n) is 5.03. The summed E-state index contributed by atoms with van der Waals surface area (Å²) in [6.07, 6.45) is 3.07. The molecular weight excluding hydrogens is 380 g/mol. The molecule has 4 rings (SSSR count). The number of hydrogen-bond acceptors (Lipinski definition) is 6. The first-order valence-corrected chi connectivity index (χ1v) is 10.0. The van der Waals surface area contributed by atoms with E-state index in [-0.39, 0.29) is 17.7 Å². The molecule has 2 amide bonds. The maximum atomic E-state index is 13.1. The molecule has 1 aromatic carbocycles. The van der Waals surface area contributed by atoms with Crippen molar-refractivity contribution in [3.05, 3.63) is 46.4 Å². The molecule has 3 heterocycles. The van der Waals surface area contributed by atoms with Crippen LogP contribution in [0.25, 0.3) is 11.1 Å². The normalized spacial score (nSPS) is 18.2. The Labute approximate surface area is 164 Å². The number of amides is 2. The predicted octanol–water partition coefficient (Wildman–Crippen LogP) is 2.49. The minimum absolute atomic E-state index is 0.133. The van der Waals surface area contributed by atoms with Crippen molar-refractivity contribution in [3.63, 3.8) is 0 Å². The topological polar surface area (TPSA) is 97.4 Å². The molecule has 8 nitrogen and oxygen atoms in total. The fourth-order valence-electron chi connectivity index (χ4n) is 3.61. The van der Waals surface area contributed by atoms with Crippen LogP contribution in [0.3, 0.4) is 0 Å². The number of rotatable bonds is 4. The average Bonchev–Trinajstić information content (AvgIpc) is 3.33. The van der Waals surface area contributed by atoms with Crippen molar-refractivity contribution >= 4 is 39.4 Å². The molecule has 0 saturated carbocycles. The van der Waals surface area contributed by atoms with Gasteiger partial charge in [0.1, 0.15) is 6.04 Å². The number of para-hydroxylation sites is 2. The number of piperidine rings is 1. The molecular formula is C19H20N4O4S. The first-order valence-electron chi connectivity index (χ1n) is 9.14. The number of thiazole rings is 1. The van der Waals surface area contributed by atoms with Crippen LogP contribution in [-0.2, 0) is 9.59 Å². The largest absolute Gasteiger partial charge is 0.420 e. The summed E-state index contributed by atoms with van der Waals surface area (Å²) in [5.74, 6) is -1.19.